The average Bonchev–Trinajstić information content (AvgIpc) is 2.85. The molecule has 1 aliphatic carbocycles. The molecule has 0 saturated heterocycles. The van der Waals surface area contributed by atoms with Crippen molar-refractivity contribution in [3.8, 4) is 0 Å². The van der Waals surface area contributed by atoms with Crippen molar-refractivity contribution < 1.29 is 0 Å². The Morgan fingerprint density at radius 1 is 1.38 bits per heavy atom. The maximum Gasteiger partial charge on any atom is 0.0213 e. The van der Waals surface area contributed by atoms with E-state index in [4.69, 9.17) is 0 Å². The molecule has 0 radical (unpaired) electrons. The van der Waals surface area contributed by atoms with Gasteiger partial charge in [0.15, 0.2) is 0 Å². The second-order valence-corrected chi connectivity index (χ2v) is 5.44. The first-order chi connectivity index (χ1) is 6.17. The van der Waals surface area contributed by atoms with E-state index in [1.807, 2.05) is 0 Å². The Morgan fingerprint density at radius 2 is 2.00 bits per heavy atom. The molecule has 0 spiro atoms. The molecule has 1 saturated carbocycles. The third-order valence-electron chi connectivity index (χ3n) is 3.00. The molecule has 1 atom stereocenters. The van der Waals surface area contributed by atoms with Crippen molar-refractivity contribution >= 4 is 28.6 Å². The standard InChI is InChI=1S/C11H13BrS/c1-8(13)11(6-7-11)9-4-2-3-5-10(9)12/h2-5,8,13H,6-7H2,1H3. The number of benzene rings is 1. The summed E-state index contributed by atoms with van der Waals surface area (Å²) in [6, 6.07) is 8.50. The van der Waals surface area contributed by atoms with Crippen molar-refractivity contribution in [1.29, 1.82) is 0 Å². The summed E-state index contributed by atoms with van der Waals surface area (Å²) in [5, 5.41) is 0.450. The van der Waals surface area contributed by atoms with E-state index in [1.165, 1.54) is 22.9 Å². The smallest absolute Gasteiger partial charge is 0.0213 e. The molecule has 1 unspecified atom stereocenters. The average molecular weight is 257 g/mol. The molecule has 70 valence electrons. The molecule has 0 heterocycles. The topological polar surface area (TPSA) is 0 Å². The van der Waals surface area contributed by atoms with Gasteiger partial charge in [-0.25, -0.2) is 0 Å². The minimum atomic E-state index is 0.350. The molecule has 1 aromatic carbocycles. The van der Waals surface area contributed by atoms with E-state index >= 15 is 0 Å². The lowest BCUT2D eigenvalue weighted by molar-refractivity contribution is 0.682. The Labute approximate surface area is 93.3 Å². The van der Waals surface area contributed by atoms with Gasteiger partial charge in [-0.15, -0.1) is 0 Å². The Bertz CT molecular complexity index is 316. The normalized spacial score (nSPS) is 21.2. The fourth-order valence-electron chi connectivity index (χ4n) is 1.91. The molecular weight excluding hydrogens is 244 g/mol. The van der Waals surface area contributed by atoms with Crippen LogP contribution in [0.2, 0.25) is 0 Å². The van der Waals surface area contributed by atoms with Crippen molar-refractivity contribution in [3.05, 3.63) is 34.3 Å². The zero-order valence-electron chi connectivity index (χ0n) is 7.63. The van der Waals surface area contributed by atoms with Crippen LogP contribution in [0.25, 0.3) is 0 Å². The minimum absolute atomic E-state index is 0.350. The summed E-state index contributed by atoms with van der Waals surface area (Å²) in [6.45, 7) is 2.19. The van der Waals surface area contributed by atoms with Gasteiger partial charge in [-0.2, -0.15) is 12.6 Å². The Hall–Kier alpha value is 0.0500. The fourth-order valence-corrected chi connectivity index (χ4v) is 2.99. The van der Waals surface area contributed by atoms with Gasteiger partial charge in [0.2, 0.25) is 0 Å². The molecule has 13 heavy (non-hydrogen) atoms. The van der Waals surface area contributed by atoms with E-state index < -0.39 is 0 Å². The summed E-state index contributed by atoms with van der Waals surface area (Å²) in [7, 11) is 0. The third kappa shape index (κ3) is 1.55. The molecule has 0 aliphatic heterocycles. The molecule has 0 bridgehead atoms. The highest BCUT2D eigenvalue weighted by atomic mass is 79.9. The highest BCUT2D eigenvalue weighted by molar-refractivity contribution is 9.10. The number of hydrogen-bond acceptors (Lipinski definition) is 1. The van der Waals surface area contributed by atoms with Crippen LogP contribution in [-0.4, -0.2) is 5.25 Å². The number of rotatable bonds is 2. The Balaban J connectivity index is 2.41. The van der Waals surface area contributed by atoms with E-state index in [0.717, 1.165) is 0 Å². The molecule has 0 N–H and O–H groups in total. The van der Waals surface area contributed by atoms with Gasteiger partial charge in [0.25, 0.3) is 0 Å². The van der Waals surface area contributed by atoms with Crippen LogP contribution >= 0.6 is 28.6 Å². The van der Waals surface area contributed by atoms with E-state index in [-0.39, 0.29) is 0 Å². The maximum atomic E-state index is 4.58. The lowest BCUT2D eigenvalue weighted by Crippen LogP contribution is -2.18. The first kappa shape index (κ1) is 9.60. The van der Waals surface area contributed by atoms with Crippen LogP contribution in [0, 0.1) is 0 Å². The molecular formula is C11H13BrS. The van der Waals surface area contributed by atoms with Gasteiger partial charge in [0.1, 0.15) is 0 Å². The summed E-state index contributed by atoms with van der Waals surface area (Å²) in [5.74, 6) is 0. The second kappa shape index (κ2) is 3.32. The largest absolute Gasteiger partial charge is 0.175 e. The second-order valence-electron chi connectivity index (χ2n) is 3.81. The lowest BCUT2D eigenvalue weighted by Gasteiger charge is -2.20. The quantitative estimate of drug-likeness (QED) is 0.765. The van der Waals surface area contributed by atoms with Crippen LogP contribution in [0.4, 0.5) is 0 Å². The molecule has 1 aromatic rings. The summed E-state index contributed by atoms with van der Waals surface area (Å²) < 4.78 is 1.23. The molecule has 2 rings (SSSR count). The lowest BCUT2D eigenvalue weighted by atomic mass is 9.93. The summed E-state index contributed by atoms with van der Waals surface area (Å²) in [4.78, 5) is 0. The number of thiol groups is 1. The SMILES string of the molecule is CC(S)C1(c2ccccc2Br)CC1. The minimum Gasteiger partial charge on any atom is -0.175 e. The third-order valence-corrected chi connectivity index (χ3v) is 4.18. The molecule has 0 aromatic heterocycles. The van der Waals surface area contributed by atoms with Gasteiger partial charge in [-0.1, -0.05) is 41.1 Å². The Kier molecular flexibility index (Phi) is 2.45. The van der Waals surface area contributed by atoms with Crippen molar-refractivity contribution in [1.82, 2.24) is 0 Å². The Morgan fingerprint density at radius 3 is 2.46 bits per heavy atom. The van der Waals surface area contributed by atoms with Gasteiger partial charge in [-0.3, -0.25) is 0 Å². The molecule has 0 amide bonds. The van der Waals surface area contributed by atoms with Crippen molar-refractivity contribution in [3.63, 3.8) is 0 Å². The zero-order valence-corrected chi connectivity index (χ0v) is 10.1. The zero-order chi connectivity index (χ0) is 9.47. The van der Waals surface area contributed by atoms with Crippen LogP contribution < -0.4 is 0 Å². The van der Waals surface area contributed by atoms with Gasteiger partial charge < -0.3 is 0 Å². The van der Waals surface area contributed by atoms with E-state index in [0.29, 0.717) is 10.7 Å². The van der Waals surface area contributed by atoms with Crippen LogP contribution in [0.15, 0.2) is 28.7 Å². The van der Waals surface area contributed by atoms with Crippen LogP contribution in [-0.2, 0) is 5.41 Å². The van der Waals surface area contributed by atoms with E-state index in [9.17, 15) is 0 Å². The van der Waals surface area contributed by atoms with Gasteiger partial charge in [0.05, 0.1) is 0 Å². The summed E-state index contributed by atoms with van der Waals surface area (Å²) in [5.41, 5.74) is 1.78. The molecule has 1 aliphatic rings. The van der Waals surface area contributed by atoms with E-state index in [2.05, 4.69) is 59.7 Å². The predicted molar refractivity (Wildman–Crippen MR) is 63.5 cm³/mol. The first-order valence-corrected chi connectivity index (χ1v) is 5.91. The highest BCUT2D eigenvalue weighted by Crippen LogP contribution is 2.54. The molecule has 1 fully saturated rings. The summed E-state index contributed by atoms with van der Waals surface area (Å²) in [6.07, 6.45) is 2.56. The van der Waals surface area contributed by atoms with E-state index in [1.54, 1.807) is 0 Å². The van der Waals surface area contributed by atoms with Gasteiger partial charge in [-0.05, 0) is 24.5 Å². The van der Waals surface area contributed by atoms with Crippen LogP contribution in [0.1, 0.15) is 25.3 Å². The van der Waals surface area contributed by atoms with Gasteiger partial charge >= 0.3 is 0 Å². The number of hydrogen-bond donors (Lipinski definition) is 1. The fraction of sp³-hybridized carbons (Fsp3) is 0.455. The molecule has 0 nitrogen and oxygen atoms in total. The van der Waals surface area contributed by atoms with Crippen LogP contribution in [0.3, 0.4) is 0 Å². The maximum absolute atomic E-state index is 4.58. The first-order valence-electron chi connectivity index (χ1n) is 4.60. The van der Waals surface area contributed by atoms with Gasteiger partial charge in [0, 0.05) is 15.1 Å². The van der Waals surface area contributed by atoms with Crippen molar-refractivity contribution in [2.24, 2.45) is 0 Å². The number of halogens is 1. The monoisotopic (exact) mass is 256 g/mol. The summed E-state index contributed by atoms with van der Waals surface area (Å²) >= 11 is 8.19. The predicted octanol–water partition coefficient (Wildman–Crippen LogP) is 3.80. The molecule has 2 heteroatoms. The highest BCUT2D eigenvalue weighted by Gasteiger charge is 2.48. The van der Waals surface area contributed by atoms with Crippen molar-refractivity contribution in [2.45, 2.75) is 30.4 Å². The van der Waals surface area contributed by atoms with Crippen LogP contribution in [0.5, 0.6) is 0 Å². The van der Waals surface area contributed by atoms with Crippen molar-refractivity contribution in [2.75, 3.05) is 0 Å².